The van der Waals surface area contributed by atoms with Crippen molar-refractivity contribution in [3.05, 3.63) is 80.9 Å². The molecule has 9 heteroatoms. The molecule has 38 heavy (non-hydrogen) atoms. The number of para-hydroxylation sites is 1. The number of carbonyl (C=O) groups excluding carboxylic acids is 2. The summed E-state index contributed by atoms with van der Waals surface area (Å²) in [5.41, 5.74) is 2.98. The number of aliphatic hydroxyl groups is 2. The number of hydrogen-bond acceptors (Lipinski definition) is 7. The van der Waals surface area contributed by atoms with Gasteiger partial charge in [-0.25, -0.2) is 4.90 Å². The molecular formula is C29H32N2O7. The number of phenolic OH excluding ortho intramolecular Hbond substituents is 1. The second-order valence-electron chi connectivity index (χ2n) is 9.93. The predicted octanol–water partition coefficient (Wildman–Crippen LogP) is 4.37. The minimum Gasteiger partial charge on any atom is -0.507 e. The monoisotopic (exact) mass is 520 g/mol. The van der Waals surface area contributed by atoms with Gasteiger partial charge in [0.1, 0.15) is 5.75 Å². The van der Waals surface area contributed by atoms with Crippen molar-refractivity contribution in [3.8, 4) is 5.75 Å². The van der Waals surface area contributed by atoms with Gasteiger partial charge in [0.2, 0.25) is 11.8 Å². The van der Waals surface area contributed by atoms with Crippen molar-refractivity contribution < 1.29 is 29.8 Å². The van der Waals surface area contributed by atoms with Crippen molar-refractivity contribution in [2.24, 2.45) is 17.8 Å². The molecule has 4 rings (SSSR count). The van der Waals surface area contributed by atoms with Crippen LogP contribution in [0.5, 0.6) is 5.75 Å². The predicted molar refractivity (Wildman–Crippen MR) is 142 cm³/mol. The molecule has 4 atom stereocenters. The summed E-state index contributed by atoms with van der Waals surface area (Å²) < 4.78 is 0. The molecular weight excluding hydrogens is 488 g/mol. The number of non-ortho nitro benzene ring substituents is 1. The molecule has 0 unspecified atom stereocenters. The van der Waals surface area contributed by atoms with Crippen molar-refractivity contribution in [2.75, 3.05) is 11.5 Å². The normalized spacial score (nSPS) is 22.6. The van der Waals surface area contributed by atoms with Crippen LogP contribution in [-0.4, -0.2) is 44.8 Å². The number of hydrogen-bond donors (Lipinski definition) is 3. The Bertz CT molecular complexity index is 1320. The maximum Gasteiger partial charge on any atom is 0.271 e. The highest BCUT2D eigenvalue weighted by molar-refractivity contribution is 6.22. The standard InChI is InChI=1S/C29H32N2O7/c1-3-18-14-22-27(29(36)30(28(22)35)20-8-6-9-21(15-20)31(37)38)23(16-32)26(18)25(34)12-11-17(2)13-19-7-4-5-10-24(19)33/h4-10,13,15,22-23,25,27,32-34H,3,11-12,14,16H2,1-2H3/b17-13+/t22-,23+,25-,27-/m1/s1. The number of carbonyl (C=O) groups is 2. The van der Waals surface area contributed by atoms with Crippen LogP contribution in [-0.2, 0) is 9.59 Å². The zero-order chi connectivity index (χ0) is 27.6. The van der Waals surface area contributed by atoms with Crippen LogP contribution in [0.4, 0.5) is 11.4 Å². The first-order valence-electron chi connectivity index (χ1n) is 12.8. The second kappa shape index (κ2) is 11.3. The number of imide groups is 1. The maximum absolute atomic E-state index is 13.6. The molecule has 1 aliphatic heterocycles. The van der Waals surface area contributed by atoms with Crippen LogP contribution < -0.4 is 4.90 Å². The third kappa shape index (κ3) is 5.12. The summed E-state index contributed by atoms with van der Waals surface area (Å²) in [5, 5.41) is 42.9. The number of amides is 2. The van der Waals surface area contributed by atoms with Crippen LogP contribution in [0.1, 0.15) is 45.1 Å². The van der Waals surface area contributed by atoms with Crippen molar-refractivity contribution in [3.63, 3.8) is 0 Å². The van der Waals surface area contributed by atoms with Crippen molar-refractivity contribution in [1.82, 2.24) is 0 Å². The van der Waals surface area contributed by atoms with Gasteiger partial charge in [-0.2, -0.15) is 0 Å². The average Bonchev–Trinajstić information content (AvgIpc) is 3.16. The quantitative estimate of drug-likeness (QED) is 0.193. The minimum atomic E-state index is -0.925. The second-order valence-corrected chi connectivity index (χ2v) is 9.93. The number of phenols is 1. The van der Waals surface area contributed by atoms with E-state index in [1.807, 2.05) is 26.0 Å². The summed E-state index contributed by atoms with van der Waals surface area (Å²) >= 11 is 0. The van der Waals surface area contributed by atoms with Gasteiger partial charge in [0.25, 0.3) is 5.69 Å². The summed E-state index contributed by atoms with van der Waals surface area (Å²) in [6.07, 6.45) is 2.64. The molecule has 1 heterocycles. The number of anilines is 1. The lowest BCUT2D eigenvalue weighted by Crippen LogP contribution is -2.39. The number of rotatable bonds is 9. The molecule has 2 aliphatic rings. The van der Waals surface area contributed by atoms with E-state index < -0.39 is 47.2 Å². The van der Waals surface area contributed by atoms with Crippen LogP contribution in [0.15, 0.2) is 65.3 Å². The fraction of sp³-hybridized carbons (Fsp3) is 0.379. The van der Waals surface area contributed by atoms with Gasteiger partial charge < -0.3 is 15.3 Å². The highest BCUT2D eigenvalue weighted by Crippen LogP contribution is 2.48. The van der Waals surface area contributed by atoms with Crippen molar-refractivity contribution in [2.45, 2.75) is 45.6 Å². The number of nitrogens with zero attached hydrogens (tertiary/aromatic N) is 2. The first-order chi connectivity index (χ1) is 18.2. The van der Waals surface area contributed by atoms with Gasteiger partial charge in [0, 0.05) is 23.6 Å². The van der Waals surface area contributed by atoms with E-state index in [4.69, 9.17) is 0 Å². The summed E-state index contributed by atoms with van der Waals surface area (Å²) in [4.78, 5) is 38.6. The lowest BCUT2D eigenvalue weighted by molar-refractivity contribution is -0.384. The van der Waals surface area contributed by atoms with Gasteiger partial charge in [-0.15, -0.1) is 0 Å². The van der Waals surface area contributed by atoms with Crippen LogP contribution in [0.3, 0.4) is 0 Å². The summed E-state index contributed by atoms with van der Waals surface area (Å²) in [5.74, 6) is -3.09. The molecule has 1 aliphatic carbocycles. The molecule has 2 amide bonds. The highest BCUT2D eigenvalue weighted by Gasteiger charge is 2.55. The van der Waals surface area contributed by atoms with Crippen LogP contribution in [0, 0.1) is 27.9 Å². The molecule has 0 aromatic heterocycles. The Morgan fingerprint density at radius 2 is 1.92 bits per heavy atom. The lowest BCUT2D eigenvalue weighted by Gasteiger charge is -2.36. The van der Waals surface area contributed by atoms with Crippen LogP contribution in [0.25, 0.3) is 6.08 Å². The van der Waals surface area contributed by atoms with Crippen LogP contribution >= 0.6 is 0 Å². The topological polar surface area (TPSA) is 141 Å². The number of fused-ring (bicyclic) bond motifs is 1. The van der Waals surface area contributed by atoms with E-state index in [9.17, 15) is 35.0 Å². The molecule has 2 aromatic carbocycles. The highest BCUT2D eigenvalue weighted by atomic mass is 16.6. The fourth-order valence-corrected chi connectivity index (χ4v) is 5.77. The van der Waals surface area contributed by atoms with Gasteiger partial charge in [0.15, 0.2) is 0 Å². The van der Waals surface area contributed by atoms with Crippen molar-refractivity contribution >= 4 is 29.3 Å². The third-order valence-electron chi connectivity index (χ3n) is 7.62. The number of nitro benzene ring substituents is 1. The van der Waals surface area contributed by atoms with E-state index in [-0.39, 0.29) is 23.5 Å². The number of benzene rings is 2. The van der Waals surface area contributed by atoms with E-state index in [0.717, 1.165) is 16.0 Å². The number of aromatic hydroxyl groups is 1. The smallest absolute Gasteiger partial charge is 0.271 e. The first kappa shape index (κ1) is 27.2. The maximum atomic E-state index is 13.6. The minimum absolute atomic E-state index is 0.130. The molecule has 9 nitrogen and oxygen atoms in total. The van der Waals surface area contributed by atoms with E-state index in [0.29, 0.717) is 30.4 Å². The third-order valence-corrected chi connectivity index (χ3v) is 7.62. The molecule has 1 saturated heterocycles. The molecule has 0 spiro atoms. The number of aliphatic hydroxyl groups excluding tert-OH is 2. The summed E-state index contributed by atoms with van der Waals surface area (Å²) in [6.45, 7) is 3.41. The van der Waals surface area contributed by atoms with Gasteiger partial charge in [-0.3, -0.25) is 19.7 Å². The fourth-order valence-electron chi connectivity index (χ4n) is 5.77. The Kier molecular flexibility index (Phi) is 8.08. The van der Waals surface area contributed by atoms with E-state index >= 15 is 0 Å². The number of nitro groups is 1. The Labute approximate surface area is 220 Å². The van der Waals surface area contributed by atoms with E-state index in [2.05, 4.69) is 0 Å². The van der Waals surface area contributed by atoms with Gasteiger partial charge in [-0.05, 0) is 50.3 Å². The molecule has 1 fully saturated rings. The lowest BCUT2D eigenvalue weighted by atomic mass is 9.67. The Morgan fingerprint density at radius 3 is 2.58 bits per heavy atom. The van der Waals surface area contributed by atoms with E-state index in [1.54, 1.807) is 18.2 Å². The van der Waals surface area contributed by atoms with Gasteiger partial charge >= 0.3 is 0 Å². The van der Waals surface area contributed by atoms with Gasteiger partial charge in [0.05, 0.1) is 35.2 Å². The zero-order valence-electron chi connectivity index (χ0n) is 21.4. The molecule has 2 aromatic rings. The molecule has 0 radical (unpaired) electrons. The summed E-state index contributed by atoms with van der Waals surface area (Å²) in [7, 11) is 0. The summed E-state index contributed by atoms with van der Waals surface area (Å²) in [6, 6.07) is 12.4. The van der Waals surface area contributed by atoms with Gasteiger partial charge in [-0.1, -0.05) is 48.4 Å². The van der Waals surface area contributed by atoms with Crippen molar-refractivity contribution in [1.29, 1.82) is 0 Å². The zero-order valence-corrected chi connectivity index (χ0v) is 21.4. The Hall–Kier alpha value is -3.82. The SMILES string of the molecule is CCC1=C([C@H](O)CC/C(C)=C/c2ccccc2O)[C@H](CO)[C@@H]2C(=O)N(c3cccc([N+](=O)[O-])c3)C(=O)[C@@H]2C1. The number of allylic oxidation sites excluding steroid dienone is 2. The Morgan fingerprint density at radius 1 is 1.18 bits per heavy atom. The Balaban J connectivity index is 1.59. The molecule has 0 saturated carbocycles. The first-order valence-corrected chi connectivity index (χ1v) is 12.8. The molecule has 3 N–H and O–H groups in total. The average molecular weight is 521 g/mol. The van der Waals surface area contributed by atoms with Crippen LogP contribution in [0.2, 0.25) is 0 Å². The largest absolute Gasteiger partial charge is 0.507 e. The molecule has 0 bridgehead atoms. The molecule has 200 valence electrons. The van der Waals surface area contributed by atoms with E-state index in [1.165, 1.54) is 24.3 Å².